The van der Waals surface area contributed by atoms with Gasteiger partial charge in [0.15, 0.2) is 17.6 Å². The standard InChI is InChI=1S/C21H24N2O4/c24-21(22-13-18-14-25-19-10-3-4-11-20(19)27-18)23-15-6-5-9-17(12-15)26-16-7-1-2-8-16/h3-6,9-12,16,18H,1-2,7-8,13-14H2,(H2,22,23,24)/t18-/m0/s1. The molecule has 0 radical (unpaired) electrons. The maximum Gasteiger partial charge on any atom is 0.319 e. The Hall–Kier alpha value is -2.89. The number of hydrogen-bond donors (Lipinski definition) is 2. The molecule has 0 saturated heterocycles. The minimum atomic E-state index is -0.282. The lowest BCUT2D eigenvalue weighted by Gasteiger charge is -2.26. The number of carbonyl (C=O) groups excluding carboxylic acids is 1. The summed E-state index contributed by atoms with van der Waals surface area (Å²) in [6, 6.07) is 14.7. The smallest absolute Gasteiger partial charge is 0.319 e. The third-order valence-electron chi connectivity index (χ3n) is 4.75. The van der Waals surface area contributed by atoms with Crippen molar-refractivity contribution in [3.8, 4) is 17.2 Å². The molecule has 1 saturated carbocycles. The molecule has 1 aliphatic carbocycles. The summed E-state index contributed by atoms with van der Waals surface area (Å²) >= 11 is 0. The van der Waals surface area contributed by atoms with Crippen molar-refractivity contribution in [3.05, 3.63) is 48.5 Å². The van der Waals surface area contributed by atoms with Gasteiger partial charge in [-0.25, -0.2) is 4.79 Å². The monoisotopic (exact) mass is 368 g/mol. The molecule has 0 aromatic heterocycles. The maximum absolute atomic E-state index is 12.2. The van der Waals surface area contributed by atoms with Crippen LogP contribution in [0.4, 0.5) is 10.5 Å². The van der Waals surface area contributed by atoms with Crippen molar-refractivity contribution in [1.29, 1.82) is 0 Å². The Labute approximate surface area is 158 Å². The molecule has 6 nitrogen and oxygen atoms in total. The Morgan fingerprint density at radius 3 is 2.74 bits per heavy atom. The van der Waals surface area contributed by atoms with E-state index in [-0.39, 0.29) is 12.1 Å². The first-order valence-electron chi connectivity index (χ1n) is 9.46. The number of para-hydroxylation sites is 2. The largest absolute Gasteiger partial charge is 0.490 e. The van der Waals surface area contributed by atoms with Gasteiger partial charge in [-0.15, -0.1) is 0 Å². The molecule has 2 aromatic carbocycles. The number of anilines is 1. The molecule has 2 N–H and O–H groups in total. The predicted molar refractivity (Wildman–Crippen MR) is 103 cm³/mol. The Balaban J connectivity index is 1.26. The number of nitrogens with one attached hydrogen (secondary N) is 2. The van der Waals surface area contributed by atoms with Crippen molar-refractivity contribution in [3.63, 3.8) is 0 Å². The van der Waals surface area contributed by atoms with Gasteiger partial charge in [0.25, 0.3) is 0 Å². The van der Waals surface area contributed by atoms with Crippen molar-refractivity contribution >= 4 is 11.7 Å². The van der Waals surface area contributed by atoms with Gasteiger partial charge >= 0.3 is 6.03 Å². The Morgan fingerprint density at radius 1 is 1.07 bits per heavy atom. The molecule has 142 valence electrons. The normalized spacial score (nSPS) is 18.7. The number of hydrogen-bond acceptors (Lipinski definition) is 4. The van der Waals surface area contributed by atoms with Gasteiger partial charge in [0.2, 0.25) is 0 Å². The van der Waals surface area contributed by atoms with Crippen LogP contribution in [0.5, 0.6) is 17.2 Å². The first-order valence-corrected chi connectivity index (χ1v) is 9.46. The van der Waals surface area contributed by atoms with E-state index >= 15 is 0 Å². The van der Waals surface area contributed by atoms with E-state index in [0.29, 0.717) is 30.7 Å². The summed E-state index contributed by atoms with van der Waals surface area (Å²) in [7, 11) is 0. The predicted octanol–water partition coefficient (Wildman–Crippen LogP) is 3.97. The van der Waals surface area contributed by atoms with E-state index in [4.69, 9.17) is 14.2 Å². The van der Waals surface area contributed by atoms with Gasteiger partial charge in [0.1, 0.15) is 12.4 Å². The van der Waals surface area contributed by atoms with Gasteiger partial charge < -0.3 is 24.8 Å². The van der Waals surface area contributed by atoms with Crippen molar-refractivity contribution < 1.29 is 19.0 Å². The molecule has 0 spiro atoms. The number of rotatable bonds is 5. The molecule has 2 amide bonds. The highest BCUT2D eigenvalue weighted by Crippen LogP contribution is 2.30. The number of ether oxygens (including phenoxy) is 3. The van der Waals surface area contributed by atoms with Crippen LogP contribution in [0.2, 0.25) is 0 Å². The molecule has 0 bridgehead atoms. The molecule has 2 aliphatic rings. The van der Waals surface area contributed by atoms with E-state index in [0.717, 1.165) is 24.3 Å². The summed E-state index contributed by atoms with van der Waals surface area (Å²) < 4.78 is 17.5. The van der Waals surface area contributed by atoms with Crippen LogP contribution >= 0.6 is 0 Å². The number of fused-ring (bicyclic) bond motifs is 1. The van der Waals surface area contributed by atoms with Crippen LogP contribution < -0.4 is 24.8 Å². The van der Waals surface area contributed by atoms with E-state index in [9.17, 15) is 4.79 Å². The second-order valence-corrected chi connectivity index (χ2v) is 6.88. The Kier molecular flexibility index (Phi) is 5.32. The zero-order valence-corrected chi connectivity index (χ0v) is 15.1. The lowest BCUT2D eigenvalue weighted by Crippen LogP contribution is -2.42. The fourth-order valence-corrected chi connectivity index (χ4v) is 3.39. The van der Waals surface area contributed by atoms with E-state index in [1.807, 2.05) is 48.5 Å². The van der Waals surface area contributed by atoms with Crippen LogP contribution in [-0.2, 0) is 0 Å². The quantitative estimate of drug-likeness (QED) is 0.838. The van der Waals surface area contributed by atoms with Gasteiger partial charge in [0.05, 0.1) is 12.6 Å². The van der Waals surface area contributed by atoms with E-state index in [1.165, 1.54) is 12.8 Å². The third-order valence-corrected chi connectivity index (χ3v) is 4.75. The summed E-state index contributed by atoms with van der Waals surface area (Å²) in [5, 5.41) is 5.67. The first-order chi connectivity index (χ1) is 13.3. The number of benzene rings is 2. The summed E-state index contributed by atoms with van der Waals surface area (Å²) in [5.41, 5.74) is 0.703. The lowest BCUT2D eigenvalue weighted by molar-refractivity contribution is 0.0922. The van der Waals surface area contributed by atoms with Crippen LogP contribution in [0.3, 0.4) is 0 Å². The van der Waals surface area contributed by atoms with Crippen LogP contribution in [0.25, 0.3) is 0 Å². The average molecular weight is 368 g/mol. The minimum Gasteiger partial charge on any atom is -0.490 e. The highest BCUT2D eigenvalue weighted by molar-refractivity contribution is 5.89. The molecular formula is C21H24N2O4. The molecule has 2 aromatic rings. The zero-order chi connectivity index (χ0) is 18.5. The first kappa shape index (κ1) is 17.5. The minimum absolute atomic E-state index is 0.220. The highest BCUT2D eigenvalue weighted by atomic mass is 16.6. The molecule has 1 aliphatic heterocycles. The van der Waals surface area contributed by atoms with Gasteiger partial charge in [-0.05, 0) is 49.9 Å². The van der Waals surface area contributed by atoms with E-state index in [1.54, 1.807) is 0 Å². The second kappa shape index (κ2) is 8.20. The van der Waals surface area contributed by atoms with Crippen LogP contribution in [0.1, 0.15) is 25.7 Å². The van der Waals surface area contributed by atoms with Gasteiger partial charge in [-0.1, -0.05) is 18.2 Å². The molecule has 1 fully saturated rings. The summed E-state index contributed by atoms with van der Waals surface area (Å²) in [4.78, 5) is 12.2. The van der Waals surface area contributed by atoms with Crippen LogP contribution in [0, 0.1) is 0 Å². The number of carbonyl (C=O) groups is 1. The molecule has 0 unspecified atom stereocenters. The molecule has 1 atom stereocenters. The Bertz CT molecular complexity index is 789. The summed E-state index contributed by atoms with van der Waals surface area (Å²) in [5.74, 6) is 2.23. The lowest BCUT2D eigenvalue weighted by atomic mass is 10.2. The number of amides is 2. The number of urea groups is 1. The van der Waals surface area contributed by atoms with Gasteiger partial charge in [0, 0.05) is 11.8 Å². The summed E-state index contributed by atoms with van der Waals surface area (Å²) in [6.07, 6.45) is 4.73. The topological polar surface area (TPSA) is 68.8 Å². The van der Waals surface area contributed by atoms with Crippen molar-refractivity contribution in [2.45, 2.75) is 37.9 Å². The van der Waals surface area contributed by atoms with Gasteiger partial charge in [-0.3, -0.25) is 0 Å². The molecule has 1 heterocycles. The fraction of sp³-hybridized carbons (Fsp3) is 0.381. The van der Waals surface area contributed by atoms with Crippen molar-refractivity contribution in [2.75, 3.05) is 18.5 Å². The van der Waals surface area contributed by atoms with Crippen LogP contribution in [0.15, 0.2) is 48.5 Å². The molecule has 6 heteroatoms. The molecular weight excluding hydrogens is 344 g/mol. The van der Waals surface area contributed by atoms with Gasteiger partial charge in [-0.2, -0.15) is 0 Å². The highest BCUT2D eigenvalue weighted by Gasteiger charge is 2.21. The van der Waals surface area contributed by atoms with E-state index < -0.39 is 0 Å². The molecule has 27 heavy (non-hydrogen) atoms. The second-order valence-electron chi connectivity index (χ2n) is 6.88. The SMILES string of the molecule is O=C(NC[C@H]1COc2ccccc2O1)Nc1cccc(OC2CCCC2)c1. The Morgan fingerprint density at radius 2 is 1.89 bits per heavy atom. The van der Waals surface area contributed by atoms with Crippen LogP contribution in [-0.4, -0.2) is 31.4 Å². The van der Waals surface area contributed by atoms with Crippen molar-refractivity contribution in [2.24, 2.45) is 0 Å². The third kappa shape index (κ3) is 4.64. The average Bonchev–Trinajstić information content (AvgIpc) is 3.19. The van der Waals surface area contributed by atoms with Crippen molar-refractivity contribution in [1.82, 2.24) is 5.32 Å². The zero-order valence-electron chi connectivity index (χ0n) is 15.1. The summed E-state index contributed by atoms with van der Waals surface area (Å²) in [6.45, 7) is 0.764. The van der Waals surface area contributed by atoms with E-state index in [2.05, 4.69) is 10.6 Å². The molecule has 4 rings (SSSR count). The maximum atomic E-state index is 12.2. The fourth-order valence-electron chi connectivity index (χ4n) is 3.39.